The molecule has 3 atom stereocenters. The number of piperidine rings is 1. The van der Waals surface area contributed by atoms with E-state index in [-0.39, 0.29) is 35.3 Å². The summed E-state index contributed by atoms with van der Waals surface area (Å²) in [5.41, 5.74) is 1.56. The van der Waals surface area contributed by atoms with E-state index in [4.69, 9.17) is 0 Å². The highest BCUT2D eigenvalue weighted by Crippen LogP contribution is 2.29. The molecule has 3 aromatic carbocycles. The van der Waals surface area contributed by atoms with Crippen LogP contribution in [0, 0.1) is 12.8 Å². The molecule has 200 valence electrons. The van der Waals surface area contributed by atoms with Gasteiger partial charge >= 0.3 is 0 Å². The maximum atomic E-state index is 13.6. The van der Waals surface area contributed by atoms with Gasteiger partial charge < -0.3 is 10.6 Å². The summed E-state index contributed by atoms with van der Waals surface area (Å²) < 4.78 is 28.7. The van der Waals surface area contributed by atoms with Crippen LogP contribution in [0.3, 0.4) is 0 Å². The molecule has 1 unspecified atom stereocenters. The summed E-state index contributed by atoms with van der Waals surface area (Å²) in [5.74, 6) is -0.688. The van der Waals surface area contributed by atoms with Gasteiger partial charge in [0.2, 0.25) is 15.9 Å². The zero-order chi connectivity index (χ0) is 26.7. The van der Waals surface area contributed by atoms with Gasteiger partial charge in [0.25, 0.3) is 5.91 Å². The molecular formula is C30H35N3O4S. The van der Waals surface area contributed by atoms with Crippen molar-refractivity contribution in [2.75, 3.05) is 13.1 Å². The van der Waals surface area contributed by atoms with E-state index in [2.05, 4.69) is 10.6 Å². The molecule has 8 heteroatoms. The first-order valence-electron chi connectivity index (χ1n) is 13.5. The summed E-state index contributed by atoms with van der Waals surface area (Å²) in [6, 6.07) is 19.9. The Morgan fingerprint density at radius 3 is 2.29 bits per heavy atom. The van der Waals surface area contributed by atoms with Crippen LogP contribution in [0.25, 0.3) is 10.8 Å². The van der Waals surface area contributed by atoms with Gasteiger partial charge in [0.05, 0.1) is 10.8 Å². The highest BCUT2D eigenvalue weighted by molar-refractivity contribution is 7.89. The van der Waals surface area contributed by atoms with E-state index in [1.165, 1.54) is 4.31 Å². The number of carbonyl (C=O) groups is 2. The van der Waals surface area contributed by atoms with Crippen LogP contribution in [0.15, 0.2) is 71.6 Å². The van der Waals surface area contributed by atoms with Gasteiger partial charge in [-0.2, -0.15) is 4.31 Å². The van der Waals surface area contributed by atoms with Crippen molar-refractivity contribution < 1.29 is 18.0 Å². The lowest BCUT2D eigenvalue weighted by Gasteiger charge is -2.36. The lowest BCUT2D eigenvalue weighted by molar-refractivity contribution is -0.127. The summed E-state index contributed by atoms with van der Waals surface area (Å²) in [5, 5.41) is 7.88. The molecule has 1 heterocycles. The fraction of sp³-hybridized carbons (Fsp3) is 0.400. The van der Waals surface area contributed by atoms with Crippen LogP contribution in [0.2, 0.25) is 0 Å². The van der Waals surface area contributed by atoms with E-state index in [9.17, 15) is 18.0 Å². The maximum Gasteiger partial charge on any atom is 0.251 e. The van der Waals surface area contributed by atoms with Crippen LogP contribution in [0.1, 0.15) is 54.4 Å². The zero-order valence-corrected chi connectivity index (χ0v) is 22.5. The average Bonchev–Trinajstić information content (AvgIpc) is 2.94. The number of carbonyl (C=O) groups excluding carboxylic acids is 2. The fourth-order valence-electron chi connectivity index (χ4n) is 5.79. The molecule has 1 saturated heterocycles. The van der Waals surface area contributed by atoms with Crippen molar-refractivity contribution in [3.05, 3.63) is 77.9 Å². The minimum absolute atomic E-state index is 0.126. The smallest absolute Gasteiger partial charge is 0.251 e. The molecule has 0 spiro atoms. The molecule has 1 aliphatic heterocycles. The molecule has 3 aromatic rings. The SMILES string of the molecule is Cc1ccccc1C(=O)N[C@@H]1CCCC[C@H]1NC(=O)C1CCCN(S(=O)(=O)c2cccc3ccccc23)C1. The Labute approximate surface area is 224 Å². The van der Waals surface area contributed by atoms with Crippen LogP contribution in [0.4, 0.5) is 0 Å². The van der Waals surface area contributed by atoms with E-state index < -0.39 is 15.9 Å². The first kappa shape index (κ1) is 26.4. The van der Waals surface area contributed by atoms with Crippen LogP contribution in [-0.4, -0.2) is 49.7 Å². The van der Waals surface area contributed by atoms with Crippen LogP contribution < -0.4 is 10.6 Å². The largest absolute Gasteiger partial charge is 0.351 e. The topological polar surface area (TPSA) is 95.6 Å². The minimum Gasteiger partial charge on any atom is -0.351 e. The number of rotatable bonds is 6. The summed E-state index contributed by atoms with van der Waals surface area (Å²) >= 11 is 0. The second-order valence-corrected chi connectivity index (χ2v) is 12.4. The molecule has 0 aromatic heterocycles. The van der Waals surface area contributed by atoms with Crippen molar-refractivity contribution in [3.8, 4) is 0 Å². The van der Waals surface area contributed by atoms with Gasteiger partial charge in [0.15, 0.2) is 0 Å². The molecule has 0 radical (unpaired) electrons. The molecule has 7 nitrogen and oxygen atoms in total. The van der Waals surface area contributed by atoms with Gasteiger partial charge in [-0.25, -0.2) is 8.42 Å². The highest BCUT2D eigenvalue weighted by Gasteiger charge is 2.36. The summed E-state index contributed by atoms with van der Waals surface area (Å²) in [7, 11) is -3.75. The quantitative estimate of drug-likeness (QED) is 0.491. The van der Waals surface area contributed by atoms with Gasteiger partial charge in [0.1, 0.15) is 0 Å². The fourth-order valence-corrected chi connectivity index (χ4v) is 7.52. The molecule has 38 heavy (non-hydrogen) atoms. The molecule has 2 N–H and O–H groups in total. The number of hydrogen-bond acceptors (Lipinski definition) is 4. The summed E-state index contributed by atoms with van der Waals surface area (Å²) in [6.07, 6.45) is 4.82. The van der Waals surface area contributed by atoms with E-state index in [1.54, 1.807) is 12.1 Å². The maximum absolute atomic E-state index is 13.6. The summed E-state index contributed by atoms with van der Waals surface area (Å²) in [4.78, 5) is 26.6. The lowest BCUT2D eigenvalue weighted by atomic mass is 9.89. The molecule has 5 rings (SSSR count). The Bertz CT molecular complexity index is 1430. The normalized spacial score (nSPS) is 22.6. The number of sulfonamides is 1. The lowest BCUT2D eigenvalue weighted by Crippen LogP contribution is -2.55. The van der Waals surface area contributed by atoms with Gasteiger partial charge in [-0.15, -0.1) is 0 Å². The predicted octanol–water partition coefficient (Wildman–Crippen LogP) is 4.41. The van der Waals surface area contributed by atoms with Crippen molar-refractivity contribution in [2.24, 2.45) is 5.92 Å². The molecule has 2 amide bonds. The second kappa shape index (κ2) is 11.3. The van der Waals surface area contributed by atoms with Crippen LogP contribution in [-0.2, 0) is 14.8 Å². The van der Waals surface area contributed by atoms with Crippen molar-refractivity contribution in [1.82, 2.24) is 14.9 Å². The molecular weight excluding hydrogens is 498 g/mol. The molecule has 1 aliphatic carbocycles. The number of benzene rings is 3. The molecule has 2 fully saturated rings. The third-order valence-electron chi connectivity index (χ3n) is 7.92. The van der Waals surface area contributed by atoms with Crippen molar-refractivity contribution in [3.63, 3.8) is 0 Å². The first-order chi connectivity index (χ1) is 18.3. The Morgan fingerprint density at radius 1 is 0.816 bits per heavy atom. The molecule has 2 aliphatic rings. The van der Waals surface area contributed by atoms with Crippen molar-refractivity contribution in [2.45, 2.75) is 62.4 Å². The van der Waals surface area contributed by atoms with Crippen LogP contribution >= 0.6 is 0 Å². The monoisotopic (exact) mass is 533 g/mol. The molecule has 1 saturated carbocycles. The number of hydrogen-bond donors (Lipinski definition) is 2. The Kier molecular flexibility index (Phi) is 7.81. The van der Waals surface area contributed by atoms with Gasteiger partial charge in [-0.3, -0.25) is 9.59 Å². The minimum atomic E-state index is -3.75. The Hall–Kier alpha value is -3.23. The van der Waals surface area contributed by atoms with Gasteiger partial charge in [0, 0.05) is 36.1 Å². The average molecular weight is 534 g/mol. The van der Waals surface area contributed by atoms with Gasteiger partial charge in [-0.05, 0) is 55.7 Å². The van der Waals surface area contributed by atoms with E-state index in [0.717, 1.165) is 36.6 Å². The van der Waals surface area contributed by atoms with E-state index >= 15 is 0 Å². The Morgan fingerprint density at radius 2 is 1.50 bits per heavy atom. The predicted molar refractivity (Wildman–Crippen MR) is 148 cm³/mol. The van der Waals surface area contributed by atoms with Crippen molar-refractivity contribution >= 4 is 32.6 Å². The highest BCUT2D eigenvalue weighted by atomic mass is 32.2. The van der Waals surface area contributed by atoms with E-state index in [0.29, 0.717) is 30.3 Å². The van der Waals surface area contributed by atoms with Gasteiger partial charge in [-0.1, -0.05) is 67.4 Å². The van der Waals surface area contributed by atoms with Crippen molar-refractivity contribution in [1.29, 1.82) is 0 Å². The summed E-state index contributed by atoms with van der Waals surface area (Å²) in [6.45, 7) is 2.47. The first-order valence-corrected chi connectivity index (χ1v) is 14.9. The number of fused-ring (bicyclic) bond motifs is 1. The standard InChI is InChI=1S/C30H35N3O4S/c1-21-10-2-4-14-24(21)30(35)32-27-17-7-6-16-26(27)31-29(34)23-13-9-19-33(20-23)38(36,37)28-18-8-12-22-11-3-5-15-25(22)28/h2-5,8,10-12,14-15,18,23,26-27H,6-7,9,13,16-17,19-20H2,1H3,(H,31,34)(H,32,35)/t23?,26-,27-/m1/s1. The third-order valence-corrected chi connectivity index (χ3v) is 9.85. The third kappa shape index (κ3) is 5.47. The Balaban J connectivity index is 1.27. The second-order valence-electron chi connectivity index (χ2n) is 10.5. The number of aryl methyl sites for hydroxylation is 1. The number of nitrogens with one attached hydrogen (secondary N) is 2. The van der Waals surface area contributed by atoms with E-state index in [1.807, 2.05) is 61.5 Å². The molecule has 0 bridgehead atoms. The number of nitrogens with zero attached hydrogens (tertiary/aromatic N) is 1. The zero-order valence-electron chi connectivity index (χ0n) is 21.7. The van der Waals surface area contributed by atoms with Crippen LogP contribution in [0.5, 0.6) is 0 Å². The number of amides is 2.